The van der Waals surface area contributed by atoms with E-state index >= 15 is 0 Å². The van der Waals surface area contributed by atoms with Crippen molar-refractivity contribution in [3.8, 4) is 11.1 Å². The van der Waals surface area contributed by atoms with Crippen LogP contribution in [0.25, 0.3) is 11.1 Å². The standard InChI is InChI=1S/C14H10O4.Co/c15-13(16)11-8-4-7-10(12(11)14(17)18)9-5-2-1-3-6-9;/h1-8H,(H,15,16)(H,17,18);/q;+2/p-2. The van der Waals surface area contributed by atoms with Crippen molar-refractivity contribution in [3.05, 3.63) is 59.7 Å². The summed E-state index contributed by atoms with van der Waals surface area (Å²) in [6.07, 6.45) is 0. The van der Waals surface area contributed by atoms with Crippen LogP contribution in [0.15, 0.2) is 48.5 Å². The maximum absolute atomic E-state index is 11.1. The molecule has 0 aliphatic rings. The van der Waals surface area contributed by atoms with E-state index in [4.69, 9.17) is 0 Å². The van der Waals surface area contributed by atoms with Crippen LogP contribution in [0.2, 0.25) is 0 Å². The van der Waals surface area contributed by atoms with Crippen molar-refractivity contribution in [3.63, 3.8) is 0 Å². The Kier molecular flexibility index (Phi) is 4.85. The monoisotopic (exact) mass is 299 g/mol. The summed E-state index contributed by atoms with van der Waals surface area (Å²) >= 11 is 0. The first-order valence-corrected chi connectivity index (χ1v) is 5.22. The minimum Gasteiger partial charge on any atom is -0.545 e. The van der Waals surface area contributed by atoms with Crippen LogP contribution in [0, 0.1) is 0 Å². The van der Waals surface area contributed by atoms with Gasteiger partial charge in [-0.1, -0.05) is 48.5 Å². The summed E-state index contributed by atoms with van der Waals surface area (Å²) in [5, 5.41) is 22.0. The van der Waals surface area contributed by atoms with E-state index in [0.29, 0.717) is 11.1 Å². The van der Waals surface area contributed by atoms with E-state index in [0.717, 1.165) is 0 Å². The molecule has 1 radical (unpaired) electrons. The Morgan fingerprint density at radius 3 is 1.95 bits per heavy atom. The SMILES string of the molecule is O=C([O-])c1cccc(-c2ccccc2)c1C(=O)[O-].[Co+2]. The molecule has 2 aromatic carbocycles. The van der Waals surface area contributed by atoms with E-state index in [1.54, 1.807) is 30.3 Å². The van der Waals surface area contributed by atoms with Gasteiger partial charge in [0, 0.05) is 11.1 Å². The molecule has 0 bridgehead atoms. The van der Waals surface area contributed by atoms with Gasteiger partial charge in [0.2, 0.25) is 0 Å². The predicted molar refractivity (Wildman–Crippen MR) is 60.5 cm³/mol. The Morgan fingerprint density at radius 2 is 1.42 bits per heavy atom. The molecule has 0 aromatic heterocycles. The molecule has 2 aromatic rings. The first kappa shape index (κ1) is 14.9. The second-order valence-corrected chi connectivity index (χ2v) is 3.67. The topological polar surface area (TPSA) is 80.3 Å². The fourth-order valence-corrected chi connectivity index (χ4v) is 1.80. The van der Waals surface area contributed by atoms with Crippen LogP contribution in [-0.2, 0) is 16.8 Å². The van der Waals surface area contributed by atoms with Crippen LogP contribution in [0.5, 0.6) is 0 Å². The van der Waals surface area contributed by atoms with Crippen molar-refractivity contribution in [1.29, 1.82) is 0 Å². The van der Waals surface area contributed by atoms with Gasteiger partial charge in [-0.2, -0.15) is 0 Å². The molecule has 0 amide bonds. The van der Waals surface area contributed by atoms with Gasteiger partial charge >= 0.3 is 16.8 Å². The zero-order chi connectivity index (χ0) is 13.1. The molecule has 0 spiro atoms. The Hall–Kier alpha value is -2.11. The third-order valence-corrected chi connectivity index (χ3v) is 2.57. The van der Waals surface area contributed by atoms with Gasteiger partial charge in [-0.25, -0.2) is 0 Å². The summed E-state index contributed by atoms with van der Waals surface area (Å²) in [4.78, 5) is 22.0. The van der Waals surface area contributed by atoms with E-state index in [9.17, 15) is 19.8 Å². The van der Waals surface area contributed by atoms with Gasteiger partial charge in [0.15, 0.2) is 0 Å². The van der Waals surface area contributed by atoms with Crippen LogP contribution in [0.3, 0.4) is 0 Å². The Bertz CT molecular complexity index is 608. The van der Waals surface area contributed by atoms with Gasteiger partial charge in [-0.15, -0.1) is 0 Å². The molecule has 97 valence electrons. The summed E-state index contributed by atoms with van der Waals surface area (Å²) in [5.74, 6) is -3.07. The number of carboxylic acid groups (broad SMARTS) is 2. The number of aromatic carboxylic acids is 2. The summed E-state index contributed by atoms with van der Waals surface area (Å²) in [7, 11) is 0. The molecule has 2 rings (SSSR count). The minimum atomic E-state index is -1.54. The third-order valence-electron chi connectivity index (χ3n) is 2.57. The molecule has 0 unspecified atom stereocenters. The molecule has 0 aliphatic heterocycles. The molecule has 0 saturated heterocycles. The van der Waals surface area contributed by atoms with E-state index in [1.165, 1.54) is 18.2 Å². The molecule has 5 heteroatoms. The van der Waals surface area contributed by atoms with Gasteiger partial charge in [0.05, 0.1) is 11.9 Å². The predicted octanol–water partition coefficient (Wildman–Crippen LogP) is 0.0781. The van der Waals surface area contributed by atoms with Crippen LogP contribution in [0.1, 0.15) is 20.7 Å². The maximum atomic E-state index is 11.1. The molecule has 19 heavy (non-hydrogen) atoms. The van der Waals surface area contributed by atoms with E-state index in [1.807, 2.05) is 0 Å². The molecule has 0 atom stereocenters. The smallest absolute Gasteiger partial charge is 0.545 e. The third kappa shape index (κ3) is 3.01. The first-order chi connectivity index (χ1) is 8.61. The maximum Gasteiger partial charge on any atom is 2.00 e. The Labute approximate surface area is 119 Å². The summed E-state index contributed by atoms with van der Waals surface area (Å²) in [6, 6.07) is 12.8. The Balaban J connectivity index is 0.00000180. The van der Waals surface area contributed by atoms with Crippen LogP contribution in [0.4, 0.5) is 0 Å². The Morgan fingerprint density at radius 1 is 0.789 bits per heavy atom. The molecule has 4 nitrogen and oxygen atoms in total. The molecule has 0 saturated carbocycles. The first-order valence-electron chi connectivity index (χ1n) is 5.22. The van der Waals surface area contributed by atoms with Crippen molar-refractivity contribution in [2.24, 2.45) is 0 Å². The number of carboxylic acids is 2. The quantitative estimate of drug-likeness (QED) is 0.804. The fourth-order valence-electron chi connectivity index (χ4n) is 1.80. The normalized spacial score (nSPS) is 9.47. The molecule has 0 aliphatic carbocycles. The second-order valence-electron chi connectivity index (χ2n) is 3.67. The van der Waals surface area contributed by atoms with Crippen LogP contribution in [-0.4, -0.2) is 11.9 Å². The van der Waals surface area contributed by atoms with Gasteiger partial charge in [-0.3, -0.25) is 0 Å². The number of carbonyl (C=O) groups is 2. The molecule has 0 N–H and O–H groups in total. The number of hydrogen-bond donors (Lipinski definition) is 0. The number of carbonyl (C=O) groups excluding carboxylic acids is 2. The van der Waals surface area contributed by atoms with Crippen molar-refractivity contribution < 1.29 is 36.6 Å². The minimum absolute atomic E-state index is 0. The zero-order valence-corrected chi connectivity index (χ0v) is 10.6. The van der Waals surface area contributed by atoms with Gasteiger partial charge in [0.1, 0.15) is 0 Å². The van der Waals surface area contributed by atoms with Gasteiger partial charge < -0.3 is 19.8 Å². The average molecular weight is 299 g/mol. The van der Waals surface area contributed by atoms with E-state index < -0.39 is 11.9 Å². The largest absolute Gasteiger partial charge is 2.00 e. The summed E-state index contributed by atoms with van der Waals surface area (Å²) in [6.45, 7) is 0. The van der Waals surface area contributed by atoms with Gasteiger partial charge in [0.25, 0.3) is 0 Å². The average Bonchev–Trinajstić information content (AvgIpc) is 2.38. The second kappa shape index (κ2) is 6.17. The van der Waals surface area contributed by atoms with E-state index in [2.05, 4.69) is 0 Å². The van der Waals surface area contributed by atoms with Crippen molar-refractivity contribution in [1.82, 2.24) is 0 Å². The molecular weight excluding hydrogens is 291 g/mol. The van der Waals surface area contributed by atoms with E-state index in [-0.39, 0.29) is 27.9 Å². The van der Waals surface area contributed by atoms with Crippen molar-refractivity contribution in [2.75, 3.05) is 0 Å². The number of rotatable bonds is 3. The van der Waals surface area contributed by atoms with Gasteiger partial charge in [-0.05, 0) is 11.1 Å². The van der Waals surface area contributed by atoms with Crippen molar-refractivity contribution >= 4 is 11.9 Å². The van der Waals surface area contributed by atoms with Crippen LogP contribution >= 0.6 is 0 Å². The van der Waals surface area contributed by atoms with Crippen LogP contribution < -0.4 is 10.2 Å². The number of benzene rings is 2. The fraction of sp³-hybridized carbons (Fsp3) is 0. The van der Waals surface area contributed by atoms with Crippen molar-refractivity contribution in [2.45, 2.75) is 0 Å². The number of hydrogen-bond acceptors (Lipinski definition) is 4. The molecule has 0 fully saturated rings. The summed E-state index contributed by atoms with van der Waals surface area (Å²) in [5.41, 5.74) is 0.178. The summed E-state index contributed by atoms with van der Waals surface area (Å²) < 4.78 is 0. The molecule has 0 heterocycles. The zero-order valence-electron chi connectivity index (χ0n) is 9.59. The molecular formula is C14H8CoO4.